The molecule has 6 fully saturated rings. The Morgan fingerprint density at radius 1 is 0.432 bits per heavy atom. The molecule has 6 aliphatic heterocycles. The first kappa shape index (κ1) is 85.2. The fourth-order valence-corrected chi connectivity index (χ4v) is 20.0. The summed E-state index contributed by atoms with van der Waals surface area (Å²) in [4.78, 5) is 112. The fourth-order valence-electron chi connectivity index (χ4n) is 15.6. The highest BCUT2D eigenvalue weighted by atomic mass is 32.1. The lowest BCUT2D eigenvalue weighted by Crippen LogP contribution is -2.37. The number of rotatable bonds is 15. The Labute approximate surface area is 737 Å². The highest BCUT2D eigenvalue weighted by molar-refractivity contribution is 7.19. The van der Waals surface area contributed by atoms with Crippen molar-refractivity contribution in [2.24, 2.45) is 0 Å². The summed E-state index contributed by atoms with van der Waals surface area (Å²) in [7, 11) is 1.63. The Morgan fingerprint density at radius 3 is 1.30 bits per heavy atom. The number of nitrogens with zero attached hydrogens (tertiary/aromatic N) is 12. The van der Waals surface area contributed by atoms with Gasteiger partial charge in [-0.3, -0.25) is 33.8 Å². The predicted molar refractivity (Wildman–Crippen MR) is 494 cm³/mol. The summed E-state index contributed by atoms with van der Waals surface area (Å²) in [5, 5.41) is 9.55. The van der Waals surface area contributed by atoms with Crippen LogP contribution in [0.4, 0.5) is 35.8 Å². The number of pyridine rings is 1. The number of hydrogen-bond acceptors (Lipinski definition) is 33. The van der Waals surface area contributed by atoms with Crippen LogP contribution in [0.2, 0.25) is 0 Å². The number of furan rings is 1. The Balaban J connectivity index is 0.000000112. The first-order valence-electron chi connectivity index (χ1n) is 42.1. The van der Waals surface area contributed by atoms with Crippen LogP contribution in [0.5, 0.6) is 5.75 Å². The van der Waals surface area contributed by atoms with Crippen LogP contribution in [-0.4, -0.2) is 159 Å². The van der Waals surface area contributed by atoms with Crippen molar-refractivity contribution >= 4 is 150 Å². The van der Waals surface area contributed by atoms with Gasteiger partial charge in [0.1, 0.15) is 29.2 Å². The number of benzene rings is 3. The first-order valence-corrected chi connectivity index (χ1v) is 46.5. The van der Waals surface area contributed by atoms with E-state index in [1.807, 2.05) is 133 Å². The van der Waals surface area contributed by atoms with E-state index < -0.39 is 0 Å². The Hall–Kier alpha value is -12.0. The van der Waals surface area contributed by atoms with E-state index in [1.165, 1.54) is 95.2 Å². The number of carbonyl (C=O) groups excluding carboxylic acids is 1. The zero-order valence-corrected chi connectivity index (χ0v) is 73.0. The average Bonchev–Trinajstić information content (AvgIpc) is 1.65. The molecule has 33 heteroatoms. The maximum atomic E-state index is 12.9. The molecule has 644 valence electrons. The van der Waals surface area contributed by atoms with Gasteiger partial charge < -0.3 is 75.8 Å². The molecule has 28 nitrogen and oxygen atoms in total. The van der Waals surface area contributed by atoms with Crippen LogP contribution in [0.15, 0.2) is 193 Å². The molecule has 12 aromatic heterocycles. The van der Waals surface area contributed by atoms with Gasteiger partial charge in [0.25, 0.3) is 27.8 Å². The molecule has 2 N–H and O–H groups in total. The zero-order chi connectivity index (χ0) is 85.5. The van der Waals surface area contributed by atoms with Crippen molar-refractivity contribution in [1.82, 2.24) is 34.8 Å². The molecule has 0 unspecified atom stereocenters. The summed E-state index contributed by atoms with van der Waals surface area (Å²) in [6.45, 7) is 13.6. The molecule has 0 bridgehead atoms. The molecule has 6 saturated heterocycles. The van der Waals surface area contributed by atoms with Gasteiger partial charge in [0.2, 0.25) is 0 Å². The summed E-state index contributed by atoms with van der Waals surface area (Å²) in [6, 6.07) is 30.4. The van der Waals surface area contributed by atoms with Gasteiger partial charge in [0.15, 0.2) is 33.7 Å². The third-order valence-corrected chi connectivity index (χ3v) is 27.1. The van der Waals surface area contributed by atoms with E-state index in [9.17, 15) is 28.8 Å². The number of ether oxygens (including phenoxy) is 3. The van der Waals surface area contributed by atoms with E-state index in [0.29, 0.717) is 152 Å². The number of aromatic nitrogens is 6. The van der Waals surface area contributed by atoms with E-state index in [-0.39, 0.29) is 33.6 Å². The number of Topliss-reactive ketones (excluding diaryl/α,β-unsaturated/α-hetero) is 1. The summed E-state index contributed by atoms with van der Waals surface area (Å²) in [5.41, 5.74) is 17.7. The third-order valence-electron chi connectivity index (χ3n) is 22.4. The maximum absolute atomic E-state index is 12.9. The molecular formula is C92H91N13O15S5. The number of carbonyl (C=O) groups is 1. The van der Waals surface area contributed by atoms with E-state index in [0.717, 1.165) is 165 Å². The molecule has 0 aliphatic carbocycles. The van der Waals surface area contributed by atoms with E-state index in [2.05, 4.69) is 56.4 Å². The fraction of sp³-hybridized carbons (Fsp3) is 0.348. The van der Waals surface area contributed by atoms with Gasteiger partial charge in [-0.25, -0.2) is 0 Å². The van der Waals surface area contributed by atoms with Crippen LogP contribution in [0, 0.1) is 11.8 Å². The van der Waals surface area contributed by atoms with Crippen LogP contribution in [0.1, 0.15) is 111 Å². The van der Waals surface area contributed by atoms with Crippen molar-refractivity contribution in [3.05, 3.63) is 211 Å². The molecule has 18 heterocycles. The van der Waals surface area contributed by atoms with Gasteiger partial charge >= 0.3 is 30.1 Å². The normalized spacial score (nSPS) is 15.7. The Bertz CT molecular complexity index is 6610. The summed E-state index contributed by atoms with van der Waals surface area (Å²) >= 11 is 6.75. The van der Waals surface area contributed by atoms with Gasteiger partial charge in [-0.2, -0.15) is 24.9 Å². The van der Waals surface area contributed by atoms with Gasteiger partial charge in [0.05, 0.1) is 51.6 Å². The van der Waals surface area contributed by atoms with Gasteiger partial charge in [-0.1, -0.05) is 54.7 Å². The van der Waals surface area contributed by atoms with Crippen LogP contribution in [0.25, 0.3) is 95.9 Å². The number of piperidine rings is 4. The van der Waals surface area contributed by atoms with Crippen molar-refractivity contribution in [1.29, 1.82) is 0 Å². The second-order valence-electron chi connectivity index (χ2n) is 30.8. The minimum Gasteiger partial charge on any atom is -0.497 e. The number of ketones is 1. The SMILES string of the molecule is COc1ccc(C#Cc2csc3c(=O)nc(N4CCCCC4)oc23)cc1.Nc1ccc(-c2csc3c(=O)nc(N4CCOCC4)oc23)cc1.O=C(CCCN1CCCCC1)c1cccc(-c2csc3c(=O)nc(N4CCOCC4)oc23)c1.O=c1nc(N2CCCCC2)oc2c(-c3cccnc3)csc12.O=c1nc(N2CCCCC2)oc2c(-c3ccoc3)csc12. The van der Waals surface area contributed by atoms with Crippen molar-refractivity contribution in [2.45, 2.75) is 89.9 Å². The standard InChI is InChI=1S/C25H29N3O4S.C20H18N2O3S.C16H15N3O3S.C16H15N3O2S.C15H14N2O3S/c29-21(8-5-11-27-9-2-1-3-10-27)19-7-4-6-18(16-19)20-17-33-23-22(20)32-25(26-24(23)30)28-12-14-31-15-13-28;1-24-16-9-6-14(7-10-16)5-8-15-13-26-18-17(15)25-20(21-19(18)23)22-11-3-2-4-12-22;17-11-3-1-10(2-4-11)12-9-23-14-13(12)22-16(18-15(14)20)19-5-7-21-8-6-19;20-15-14-13(12(10-22-14)11-5-4-6-17-9-11)21-16(18-15)19-7-2-1-3-8-19;18-14-13-12(11(9-21-13)10-4-7-19-8-10)20-15(16-14)17-5-2-1-3-6-17/h4,6-7,16-17H,1-3,5,8-15H2;6-7,9-10,13H,2-4,11-12H2,1H3;1-4,9H,5-8,17H2;4-6,9-10H,1-3,7-8H2;4,7-9H,1-3,5-6H2. The number of nitrogens with two attached hydrogens (primary N) is 1. The molecule has 21 rings (SSSR count). The number of fused-ring (bicyclic) bond motifs is 5. The Kier molecular flexibility index (Phi) is 27.5. The monoisotopic (exact) mass is 1780 g/mol. The van der Waals surface area contributed by atoms with Crippen molar-refractivity contribution < 1.29 is 45.5 Å². The van der Waals surface area contributed by atoms with Gasteiger partial charge in [-0.05, 0) is 162 Å². The second-order valence-corrected chi connectivity index (χ2v) is 35.2. The maximum Gasteiger partial charge on any atom is 0.301 e. The molecule has 6 aliphatic rings. The van der Waals surface area contributed by atoms with Crippen molar-refractivity contribution in [3.8, 4) is 62.1 Å². The van der Waals surface area contributed by atoms with E-state index >= 15 is 0 Å². The average molecular weight is 1780 g/mol. The number of anilines is 6. The van der Waals surface area contributed by atoms with Crippen LogP contribution < -0.4 is 62.8 Å². The predicted octanol–water partition coefficient (Wildman–Crippen LogP) is 17.0. The largest absolute Gasteiger partial charge is 0.497 e. The molecule has 0 saturated carbocycles. The molecule has 0 amide bonds. The summed E-state index contributed by atoms with van der Waals surface area (Å²) < 4.78 is 53.7. The number of hydrogen-bond donors (Lipinski definition) is 1. The highest BCUT2D eigenvalue weighted by Gasteiger charge is 2.27. The third kappa shape index (κ3) is 20.2. The lowest BCUT2D eigenvalue weighted by atomic mass is 10.0. The molecule has 125 heavy (non-hydrogen) atoms. The van der Waals surface area contributed by atoms with E-state index in [4.69, 9.17) is 46.4 Å². The topological polar surface area (TPSA) is 332 Å². The van der Waals surface area contributed by atoms with Crippen molar-refractivity contribution in [3.63, 3.8) is 0 Å². The quantitative estimate of drug-likeness (QED) is 0.0566. The lowest BCUT2D eigenvalue weighted by Gasteiger charge is -2.26. The molecule has 15 aromatic rings. The number of nitrogen functional groups attached to an aromatic ring is 1. The molecule has 0 spiro atoms. The minimum absolute atomic E-state index is 0.158. The Morgan fingerprint density at radius 2 is 0.848 bits per heavy atom. The molecule has 0 atom stereocenters. The van der Waals surface area contributed by atoms with Crippen LogP contribution in [0.3, 0.4) is 0 Å². The molecule has 0 radical (unpaired) electrons. The first-order chi connectivity index (χ1) is 61.3. The molecule has 3 aromatic carbocycles. The van der Waals surface area contributed by atoms with Crippen molar-refractivity contribution in [2.75, 3.05) is 149 Å². The number of likely N-dealkylation sites (tertiary alicyclic amines) is 1. The minimum atomic E-state index is -0.279. The summed E-state index contributed by atoms with van der Waals surface area (Å²) in [6.07, 6.45) is 22.4. The summed E-state index contributed by atoms with van der Waals surface area (Å²) in [5.74, 6) is 7.18. The van der Waals surface area contributed by atoms with Crippen LogP contribution in [-0.2, 0) is 9.47 Å². The van der Waals surface area contributed by atoms with E-state index in [1.54, 1.807) is 32.0 Å². The number of methoxy groups -OCH3 is 1. The molecular weight excluding hydrogens is 1690 g/mol. The van der Waals surface area contributed by atoms with Crippen LogP contribution >= 0.6 is 56.7 Å². The van der Waals surface area contributed by atoms with Gasteiger partial charge in [0, 0.05) is 161 Å². The lowest BCUT2D eigenvalue weighted by molar-refractivity contribution is 0.0973. The number of thiophene rings is 5. The van der Waals surface area contributed by atoms with Gasteiger partial charge in [-0.15, -0.1) is 56.7 Å². The number of morpholine rings is 2. The second kappa shape index (κ2) is 40.3. The smallest absolute Gasteiger partial charge is 0.301 e. The highest BCUT2D eigenvalue weighted by Crippen LogP contribution is 2.40. The zero-order valence-electron chi connectivity index (χ0n) is 68.9.